The monoisotopic (exact) mass is 236 g/mol. The topological polar surface area (TPSA) is 41.5 Å². The molecule has 1 aromatic rings. The highest BCUT2D eigenvalue weighted by atomic mass is 32.1. The molecule has 16 heavy (non-hydrogen) atoms. The van der Waals surface area contributed by atoms with Gasteiger partial charge in [-0.3, -0.25) is 4.79 Å². The molecule has 0 radical (unpaired) electrons. The van der Waals surface area contributed by atoms with Crippen molar-refractivity contribution < 1.29 is 4.79 Å². The Morgan fingerprint density at radius 2 is 2.38 bits per heavy atom. The van der Waals surface area contributed by atoms with Gasteiger partial charge in [-0.15, -0.1) is 11.3 Å². The smallest absolute Gasteiger partial charge is 0.266 e. The third-order valence-corrected chi connectivity index (χ3v) is 4.07. The van der Waals surface area contributed by atoms with Crippen LogP contribution in [0.1, 0.15) is 46.8 Å². The van der Waals surface area contributed by atoms with Gasteiger partial charge in [-0.05, 0) is 44.2 Å². The van der Waals surface area contributed by atoms with E-state index < -0.39 is 0 Å². The predicted molar refractivity (Wildman–Crippen MR) is 67.2 cm³/mol. The number of rotatable bonds is 3. The summed E-state index contributed by atoms with van der Waals surface area (Å²) in [6, 6.07) is 2.01. The molecule has 1 N–H and O–H groups in total. The molecule has 2 rings (SSSR count). The number of hydrogen-bond acceptors (Lipinski definition) is 3. The minimum atomic E-state index is -0.0767. The molecule has 1 heterocycles. The third-order valence-electron chi connectivity index (χ3n) is 2.83. The molecule has 0 spiro atoms. The third kappa shape index (κ3) is 2.32. The highest BCUT2D eigenvalue weighted by Gasteiger charge is 2.17. The molecule has 1 amide bonds. The maximum atomic E-state index is 11.8. The van der Waals surface area contributed by atoms with Crippen LogP contribution in [0.4, 0.5) is 0 Å². The zero-order valence-corrected chi connectivity index (χ0v) is 10.5. The van der Waals surface area contributed by atoms with Gasteiger partial charge in [-0.2, -0.15) is 5.10 Å². The van der Waals surface area contributed by atoms with Gasteiger partial charge in [0.1, 0.15) is 0 Å². The Kier molecular flexibility index (Phi) is 3.39. The molecule has 3 nitrogen and oxygen atoms in total. The fourth-order valence-corrected chi connectivity index (χ4v) is 2.86. The molecule has 0 bridgehead atoms. The normalized spacial score (nSPS) is 15.0. The number of carbonyl (C=O) groups is 1. The molecule has 86 valence electrons. The number of thiophene rings is 1. The Morgan fingerprint density at radius 3 is 3.06 bits per heavy atom. The van der Waals surface area contributed by atoms with Crippen molar-refractivity contribution in [3.05, 3.63) is 21.4 Å². The lowest BCUT2D eigenvalue weighted by atomic mass is 10.2. The SMILES string of the molecule is CC/C(C)=N\NC(=O)c1cc2c(s1)CCC2. The second-order valence-corrected chi connectivity index (χ2v) is 5.19. The van der Waals surface area contributed by atoms with E-state index in [1.54, 1.807) is 11.3 Å². The van der Waals surface area contributed by atoms with Gasteiger partial charge in [0.2, 0.25) is 0 Å². The average Bonchev–Trinajstić information content (AvgIpc) is 2.85. The van der Waals surface area contributed by atoms with Crippen LogP contribution in [0, 0.1) is 0 Å². The number of amides is 1. The van der Waals surface area contributed by atoms with Gasteiger partial charge in [0.05, 0.1) is 4.88 Å². The van der Waals surface area contributed by atoms with Gasteiger partial charge in [0, 0.05) is 10.6 Å². The fraction of sp³-hybridized carbons (Fsp3) is 0.500. The number of nitrogens with one attached hydrogen (secondary N) is 1. The number of nitrogens with zero attached hydrogens (tertiary/aromatic N) is 1. The Bertz CT molecular complexity index is 413. The van der Waals surface area contributed by atoms with Crippen LogP contribution in [0.25, 0.3) is 0 Å². The summed E-state index contributed by atoms with van der Waals surface area (Å²) >= 11 is 1.61. The molecule has 0 unspecified atom stereocenters. The molecule has 1 aliphatic rings. The molecule has 0 aromatic carbocycles. The van der Waals surface area contributed by atoms with E-state index in [1.165, 1.54) is 16.9 Å². The summed E-state index contributed by atoms with van der Waals surface area (Å²) in [5.41, 5.74) is 4.89. The lowest BCUT2D eigenvalue weighted by Gasteiger charge is -1.98. The first-order chi connectivity index (χ1) is 7.70. The molecule has 1 aromatic heterocycles. The molecule has 0 atom stereocenters. The van der Waals surface area contributed by atoms with Crippen LogP contribution >= 0.6 is 11.3 Å². The van der Waals surface area contributed by atoms with Gasteiger partial charge in [-0.25, -0.2) is 5.43 Å². The number of aryl methyl sites for hydroxylation is 2. The van der Waals surface area contributed by atoms with Crippen LogP contribution in [0.2, 0.25) is 0 Å². The lowest BCUT2D eigenvalue weighted by Crippen LogP contribution is -2.17. The van der Waals surface area contributed by atoms with Crippen LogP contribution in [-0.4, -0.2) is 11.6 Å². The van der Waals surface area contributed by atoms with Gasteiger partial charge in [0.25, 0.3) is 5.91 Å². The first-order valence-corrected chi connectivity index (χ1v) is 6.47. The van der Waals surface area contributed by atoms with E-state index in [9.17, 15) is 4.79 Å². The first-order valence-electron chi connectivity index (χ1n) is 5.65. The minimum Gasteiger partial charge on any atom is -0.266 e. The quantitative estimate of drug-likeness (QED) is 0.636. The van der Waals surface area contributed by atoms with E-state index >= 15 is 0 Å². The molecule has 0 aliphatic heterocycles. The maximum absolute atomic E-state index is 11.8. The lowest BCUT2D eigenvalue weighted by molar-refractivity contribution is 0.0958. The second kappa shape index (κ2) is 4.78. The molecule has 0 saturated carbocycles. The van der Waals surface area contributed by atoms with E-state index in [1.807, 2.05) is 19.9 Å². The summed E-state index contributed by atoms with van der Waals surface area (Å²) in [5.74, 6) is -0.0767. The summed E-state index contributed by atoms with van der Waals surface area (Å²) in [7, 11) is 0. The first kappa shape index (κ1) is 11.3. The van der Waals surface area contributed by atoms with Crippen molar-refractivity contribution in [2.45, 2.75) is 39.5 Å². The van der Waals surface area contributed by atoms with E-state index in [4.69, 9.17) is 0 Å². The van der Waals surface area contributed by atoms with Crippen molar-refractivity contribution >= 4 is 23.0 Å². The van der Waals surface area contributed by atoms with E-state index in [0.29, 0.717) is 0 Å². The molecule has 0 saturated heterocycles. The Hall–Kier alpha value is -1.16. The second-order valence-electron chi connectivity index (χ2n) is 4.05. The number of fused-ring (bicyclic) bond motifs is 1. The van der Waals surface area contributed by atoms with Crippen molar-refractivity contribution in [1.82, 2.24) is 5.43 Å². The summed E-state index contributed by atoms with van der Waals surface area (Å²) < 4.78 is 0. The zero-order valence-electron chi connectivity index (χ0n) is 9.67. The van der Waals surface area contributed by atoms with Gasteiger partial charge in [0.15, 0.2) is 0 Å². The van der Waals surface area contributed by atoms with E-state index in [0.717, 1.165) is 29.9 Å². The van der Waals surface area contributed by atoms with E-state index in [-0.39, 0.29) is 5.91 Å². The summed E-state index contributed by atoms with van der Waals surface area (Å²) in [6.07, 6.45) is 4.35. The predicted octanol–water partition coefficient (Wildman–Crippen LogP) is 2.75. The summed E-state index contributed by atoms with van der Waals surface area (Å²) in [6.45, 7) is 3.93. The molecular formula is C12H16N2OS. The summed E-state index contributed by atoms with van der Waals surface area (Å²) in [5, 5.41) is 4.03. The number of hydrazone groups is 1. The molecule has 1 aliphatic carbocycles. The molecule has 4 heteroatoms. The van der Waals surface area contributed by atoms with Gasteiger partial charge in [-0.1, -0.05) is 6.92 Å². The Balaban J connectivity index is 2.04. The van der Waals surface area contributed by atoms with Crippen LogP contribution in [-0.2, 0) is 12.8 Å². The largest absolute Gasteiger partial charge is 0.281 e. The number of carbonyl (C=O) groups excluding carboxylic acids is 1. The Morgan fingerprint density at radius 1 is 1.56 bits per heavy atom. The van der Waals surface area contributed by atoms with E-state index in [2.05, 4.69) is 10.5 Å². The van der Waals surface area contributed by atoms with Gasteiger partial charge < -0.3 is 0 Å². The maximum Gasteiger partial charge on any atom is 0.281 e. The average molecular weight is 236 g/mol. The Labute approximate surface area is 99.6 Å². The standard InChI is InChI=1S/C12H16N2OS/c1-3-8(2)13-14-12(15)11-7-9-5-4-6-10(9)16-11/h7H,3-6H2,1-2H3,(H,14,15)/b13-8-. The van der Waals surface area contributed by atoms with Crippen LogP contribution in [0.3, 0.4) is 0 Å². The van der Waals surface area contributed by atoms with Gasteiger partial charge >= 0.3 is 0 Å². The van der Waals surface area contributed by atoms with Crippen molar-refractivity contribution in [2.75, 3.05) is 0 Å². The van der Waals surface area contributed by atoms with Crippen molar-refractivity contribution in [2.24, 2.45) is 5.10 Å². The minimum absolute atomic E-state index is 0.0767. The number of hydrogen-bond donors (Lipinski definition) is 1. The van der Waals surface area contributed by atoms with Crippen LogP contribution < -0.4 is 5.43 Å². The zero-order chi connectivity index (χ0) is 11.5. The fourth-order valence-electron chi connectivity index (χ4n) is 1.72. The highest BCUT2D eigenvalue weighted by Crippen LogP contribution is 2.30. The van der Waals surface area contributed by atoms with Crippen molar-refractivity contribution in [1.29, 1.82) is 0 Å². The van der Waals surface area contributed by atoms with Crippen molar-refractivity contribution in [3.63, 3.8) is 0 Å². The van der Waals surface area contributed by atoms with Crippen LogP contribution in [0.15, 0.2) is 11.2 Å². The summed E-state index contributed by atoms with van der Waals surface area (Å²) in [4.78, 5) is 13.9. The van der Waals surface area contributed by atoms with Crippen LogP contribution in [0.5, 0.6) is 0 Å². The molecular weight excluding hydrogens is 220 g/mol. The van der Waals surface area contributed by atoms with Crippen molar-refractivity contribution in [3.8, 4) is 0 Å². The molecule has 0 fully saturated rings. The highest BCUT2D eigenvalue weighted by molar-refractivity contribution is 7.14.